The van der Waals surface area contributed by atoms with Crippen molar-refractivity contribution >= 4 is 0 Å². The molecule has 0 atom stereocenters. The fourth-order valence-corrected chi connectivity index (χ4v) is 3.61. The maximum absolute atomic E-state index is 13.2. The molecule has 0 aliphatic heterocycles. The molecule has 2 rings (SSSR count). The average Bonchev–Trinajstić information content (AvgIpc) is 2.31. The molecule has 0 aromatic rings. The van der Waals surface area contributed by atoms with Crippen molar-refractivity contribution < 1.29 is 13.9 Å². The van der Waals surface area contributed by atoms with Crippen LogP contribution in [0.1, 0.15) is 51.4 Å². The molecule has 2 aliphatic rings. The van der Waals surface area contributed by atoms with Gasteiger partial charge in [-0.2, -0.15) is 0 Å². The monoisotopic (exact) mass is 247 g/mol. The molecule has 100 valence electrons. The molecule has 2 fully saturated rings. The summed E-state index contributed by atoms with van der Waals surface area (Å²) < 4.78 is 26.3. The van der Waals surface area contributed by atoms with Crippen LogP contribution < -0.4 is 5.73 Å². The molecular formula is C13H23F2NO. The van der Waals surface area contributed by atoms with E-state index in [9.17, 15) is 13.9 Å². The Morgan fingerprint density at radius 2 is 1.53 bits per heavy atom. The van der Waals surface area contributed by atoms with Gasteiger partial charge in [0.2, 0.25) is 5.92 Å². The van der Waals surface area contributed by atoms with Gasteiger partial charge in [0.1, 0.15) is 0 Å². The summed E-state index contributed by atoms with van der Waals surface area (Å²) in [6, 6.07) is 0. The SMILES string of the molecule is NCC1(C2CCC(F)(F)CC2)CCC(O)CC1. The number of hydrogen-bond acceptors (Lipinski definition) is 2. The van der Waals surface area contributed by atoms with Gasteiger partial charge < -0.3 is 10.8 Å². The van der Waals surface area contributed by atoms with Crippen molar-refractivity contribution in [3.05, 3.63) is 0 Å². The number of rotatable bonds is 2. The molecule has 0 amide bonds. The first-order valence-corrected chi connectivity index (χ1v) is 6.73. The predicted octanol–water partition coefficient (Wildman–Crippen LogP) is 2.69. The van der Waals surface area contributed by atoms with Crippen LogP contribution in [0.25, 0.3) is 0 Å². The van der Waals surface area contributed by atoms with Crippen LogP contribution in [0.3, 0.4) is 0 Å². The molecule has 0 radical (unpaired) electrons. The van der Waals surface area contributed by atoms with Gasteiger partial charge in [0.15, 0.2) is 0 Å². The highest BCUT2D eigenvalue weighted by molar-refractivity contribution is 4.94. The van der Waals surface area contributed by atoms with E-state index in [1.54, 1.807) is 0 Å². The molecule has 0 aromatic heterocycles. The normalized spacial score (nSPS) is 39.2. The van der Waals surface area contributed by atoms with E-state index in [0.29, 0.717) is 25.3 Å². The summed E-state index contributed by atoms with van der Waals surface area (Å²) in [5.41, 5.74) is 5.94. The van der Waals surface area contributed by atoms with Gasteiger partial charge in [-0.1, -0.05) is 0 Å². The molecule has 0 saturated heterocycles. The summed E-state index contributed by atoms with van der Waals surface area (Å²) in [7, 11) is 0. The van der Waals surface area contributed by atoms with E-state index in [4.69, 9.17) is 5.73 Å². The minimum absolute atomic E-state index is 0.0158. The molecule has 2 nitrogen and oxygen atoms in total. The van der Waals surface area contributed by atoms with Crippen molar-refractivity contribution in [2.75, 3.05) is 6.54 Å². The second-order valence-corrected chi connectivity index (χ2v) is 5.93. The Morgan fingerprint density at radius 3 is 2.00 bits per heavy atom. The molecule has 17 heavy (non-hydrogen) atoms. The summed E-state index contributed by atoms with van der Waals surface area (Å²) in [5, 5.41) is 9.56. The smallest absolute Gasteiger partial charge is 0.248 e. The molecule has 3 N–H and O–H groups in total. The highest BCUT2D eigenvalue weighted by Gasteiger charge is 2.45. The fraction of sp³-hybridized carbons (Fsp3) is 1.00. The van der Waals surface area contributed by atoms with Crippen LogP contribution in [0.5, 0.6) is 0 Å². The maximum atomic E-state index is 13.2. The van der Waals surface area contributed by atoms with Crippen LogP contribution in [0, 0.1) is 11.3 Å². The highest BCUT2D eigenvalue weighted by Crippen LogP contribution is 2.50. The molecular weight excluding hydrogens is 224 g/mol. The number of nitrogens with two attached hydrogens (primary N) is 1. The van der Waals surface area contributed by atoms with Crippen LogP contribution in [-0.2, 0) is 0 Å². The zero-order valence-electron chi connectivity index (χ0n) is 10.3. The Hall–Kier alpha value is -0.220. The fourth-order valence-electron chi connectivity index (χ4n) is 3.61. The molecule has 2 aliphatic carbocycles. The van der Waals surface area contributed by atoms with Gasteiger partial charge in [-0.15, -0.1) is 0 Å². The molecule has 0 aromatic carbocycles. The number of aliphatic hydroxyl groups is 1. The summed E-state index contributed by atoms with van der Waals surface area (Å²) in [6.45, 7) is 0.579. The molecule has 2 saturated carbocycles. The lowest BCUT2D eigenvalue weighted by molar-refractivity contribution is -0.0742. The van der Waals surface area contributed by atoms with E-state index in [0.717, 1.165) is 25.7 Å². The van der Waals surface area contributed by atoms with Gasteiger partial charge in [-0.25, -0.2) is 8.78 Å². The number of halogens is 2. The van der Waals surface area contributed by atoms with Gasteiger partial charge in [0, 0.05) is 12.8 Å². The van der Waals surface area contributed by atoms with Gasteiger partial charge in [0.05, 0.1) is 6.10 Å². The second-order valence-electron chi connectivity index (χ2n) is 5.93. The Labute approximate surface area is 102 Å². The second kappa shape index (κ2) is 4.81. The molecule has 0 spiro atoms. The number of aliphatic hydroxyl groups excluding tert-OH is 1. The Bertz CT molecular complexity index is 252. The van der Waals surface area contributed by atoms with E-state index >= 15 is 0 Å². The van der Waals surface area contributed by atoms with Crippen LogP contribution >= 0.6 is 0 Å². The van der Waals surface area contributed by atoms with Crippen LogP contribution in [-0.4, -0.2) is 23.7 Å². The van der Waals surface area contributed by atoms with E-state index < -0.39 is 5.92 Å². The zero-order valence-corrected chi connectivity index (χ0v) is 10.3. The standard InChI is InChI=1S/C13H23F2NO/c14-13(15)7-1-10(2-8-13)12(9-16)5-3-11(17)4-6-12/h10-11,17H,1-9,16H2. The van der Waals surface area contributed by atoms with Gasteiger partial charge in [-0.3, -0.25) is 0 Å². The van der Waals surface area contributed by atoms with E-state index in [1.807, 2.05) is 0 Å². The highest BCUT2D eigenvalue weighted by atomic mass is 19.3. The quantitative estimate of drug-likeness (QED) is 0.788. The Balaban J connectivity index is 1.99. The first kappa shape index (κ1) is 13.2. The summed E-state index contributed by atoms with van der Waals surface area (Å²) >= 11 is 0. The first-order chi connectivity index (χ1) is 7.97. The van der Waals surface area contributed by atoms with Gasteiger partial charge in [-0.05, 0) is 56.4 Å². The summed E-state index contributed by atoms with van der Waals surface area (Å²) in [5.74, 6) is -2.12. The molecule has 4 heteroatoms. The average molecular weight is 247 g/mol. The Kier molecular flexibility index (Phi) is 3.74. The molecule has 0 bridgehead atoms. The van der Waals surface area contributed by atoms with Crippen LogP contribution in [0.4, 0.5) is 8.78 Å². The Morgan fingerprint density at radius 1 is 1.00 bits per heavy atom. The molecule has 0 heterocycles. The number of alkyl halides is 2. The van der Waals surface area contributed by atoms with Gasteiger partial charge >= 0.3 is 0 Å². The largest absolute Gasteiger partial charge is 0.393 e. The van der Waals surface area contributed by atoms with Crippen molar-refractivity contribution in [3.8, 4) is 0 Å². The topological polar surface area (TPSA) is 46.2 Å². The minimum atomic E-state index is -2.46. The van der Waals surface area contributed by atoms with Crippen molar-refractivity contribution in [1.82, 2.24) is 0 Å². The summed E-state index contributed by atoms with van der Waals surface area (Å²) in [6.07, 6.45) is 4.39. The van der Waals surface area contributed by atoms with E-state index in [2.05, 4.69) is 0 Å². The van der Waals surface area contributed by atoms with Crippen molar-refractivity contribution in [1.29, 1.82) is 0 Å². The third-order valence-electron chi connectivity index (χ3n) is 4.94. The third kappa shape index (κ3) is 2.79. The van der Waals surface area contributed by atoms with Crippen molar-refractivity contribution in [2.45, 2.75) is 63.4 Å². The van der Waals surface area contributed by atoms with Crippen LogP contribution in [0.15, 0.2) is 0 Å². The maximum Gasteiger partial charge on any atom is 0.248 e. The van der Waals surface area contributed by atoms with Gasteiger partial charge in [0.25, 0.3) is 0 Å². The third-order valence-corrected chi connectivity index (χ3v) is 4.94. The minimum Gasteiger partial charge on any atom is -0.393 e. The zero-order chi connectivity index (χ0) is 12.5. The lowest BCUT2D eigenvalue weighted by Gasteiger charge is -2.46. The predicted molar refractivity (Wildman–Crippen MR) is 62.9 cm³/mol. The first-order valence-electron chi connectivity index (χ1n) is 6.73. The lowest BCUT2D eigenvalue weighted by Crippen LogP contribution is -2.44. The lowest BCUT2D eigenvalue weighted by atomic mass is 9.61. The van der Waals surface area contributed by atoms with E-state index in [1.165, 1.54) is 0 Å². The van der Waals surface area contributed by atoms with Crippen molar-refractivity contribution in [3.63, 3.8) is 0 Å². The van der Waals surface area contributed by atoms with Crippen LogP contribution in [0.2, 0.25) is 0 Å². The molecule has 0 unspecified atom stereocenters. The van der Waals surface area contributed by atoms with E-state index in [-0.39, 0.29) is 24.4 Å². The number of hydrogen-bond donors (Lipinski definition) is 2. The van der Waals surface area contributed by atoms with Crippen molar-refractivity contribution in [2.24, 2.45) is 17.1 Å². The summed E-state index contributed by atoms with van der Waals surface area (Å²) in [4.78, 5) is 0.